The van der Waals surface area contributed by atoms with Gasteiger partial charge in [0.15, 0.2) is 0 Å². The summed E-state index contributed by atoms with van der Waals surface area (Å²) in [4.78, 5) is 52.1. The molecule has 0 atom stereocenters. The van der Waals surface area contributed by atoms with Crippen molar-refractivity contribution in [3.63, 3.8) is 0 Å². The predicted molar refractivity (Wildman–Crippen MR) is 128 cm³/mol. The van der Waals surface area contributed by atoms with Gasteiger partial charge in [0.05, 0.1) is 18.2 Å². The number of carbonyl (C=O) groups excluding carboxylic acids is 4. The zero-order valence-electron chi connectivity index (χ0n) is 19.1. The van der Waals surface area contributed by atoms with E-state index in [0.29, 0.717) is 16.6 Å². The number of hydrogen-bond donors (Lipinski definition) is 1. The van der Waals surface area contributed by atoms with E-state index in [1.807, 2.05) is 17.0 Å². The van der Waals surface area contributed by atoms with Gasteiger partial charge in [-0.3, -0.25) is 14.4 Å². The number of ketones is 1. The zero-order valence-corrected chi connectivity index (χ0v) is 19.1. The molecule has 1 N–H and O–H groups in total. The molecule has 0 radical (unpaired) electrons. The van der Waals surface area contributed by atoms with Gasteiger partial charge in [0, 0.05) is 35.9 Å². The average molecular weight is 462 g/mol. The monoisotopic (exact) mass is 461 g/mol. The maximum absolute atomic E-state index is 13.0. The number of Topliss-reactive ketones (excluding diaryl/α,β-unsaturated/α-hetero) is 1. The first-order chi connectivity index (χ1) is 16.5. The number of rotatable bonds is 6. The molecule has 0 bridgehead atoms. The predicted octanol–water partition coefficient (Wildman–Crippen LogP) is 3.65. The second kappa shape index (κ2) is 10.3. The fourth-order valence-electron chi connectivity index (χ4n) is 4.24. The summed E-state index contributed by atoms with van der Waals surface area (Å²) in [6.45, 7) is 1.62. The summed E-state index contributed by atoms with van der Waals surface area (Å²) in [5, 5.41) is 3.19. The number of methoxy groups -OCH3 is 1. The molecule has 176 valence electrons. The molecule has 1 aliphatic heterocycles. The lowest BCUT2D eigenvalue weighted by atomic mass is 10.1. The molecule has 1 aliphatic rings. The van der Waals surface area contributed by atoms with Crippen LogP contribution in [0.2, 0.25) is 0 Å². The molecular formula is C26H27N3O5. The van der Waals surface area contributed by atoms with E-state index in [2.05, 4.69) is 10.1 Å². The van der Waals surface area contributed by atoms with Crippen LogP contribution >= 0.6 is 0 Å². The quantitative estimate of drug-likeness (QED) is 0.343. The molecule has 34 heavy (non-hydrogen) atoms. The second-order valence-electron chi connectivity index (χ2n) is 8.34. The van der Waals surface area contributed by atoms with E-state index in [1.165, 1.54) is 31.4 Å². The van der Waals surface area contributed by atoms with E-state index in [1.54, 1.807) is 22.9 Å². The first-order valence-corrected chi connectivity index (χ1v) is 11.4. The Labute approximate surface area is 197 Å². The minimum Gasteiger partial charge on any atom is -0.465 e. The molecule has 0 spiro atoms. The third-order valence-electron chi connectivity index (χ3n) is 6.07. The van der Waals surface area contributed by atoms with Crippen molar-refractivity contribution in [1.82, 2.24) is 9.47 Å². The Morgan fingerprint density at radius 1 is 0.912 bits per heavy atom. The highest BCUT2D eigenvalue weighted by molar-refractivity contribution is 6.48. The molecule has 1 saturated heterocycles. The normalized spacial score (nSPS) is 13.9. The van der Waals surface area contributed by atoms with Gasteiger partial charge in [-0.05, 0) is 43.2 Å². The Morgan fingerprint density at radius 2 is 1.59 bits per heavy atom. The van der Waals surface area contributed by atoms with Crippen LogP contribution in [0.25, 0.3) is 10.9 Å². The Balaban J connectivity index is 1.53. The third-order valence-corrected chi connectivity index (χ3v) is 6.07. The fraction of sp³-hybridized carbons (Fsp3) is 0.308. The first kappa shape index (κ1) is 23.2. The summed E-state index contributed by atoms with van der Waals surface area (Å²) in [5.74, 6) is -1.98. The van der Waals surface area contributed by atoms with Crippen molar-refractivity contribution in [3.8, 4) is 0 Å². The number of para-hydroxylation sites is 1. The van der Waals surface area contributed by atoms with Crippen molar-refractivity contribution in [2.75, 3.05) is 25.5 Å². The van der Waals surface area contributed by atoms with E-state index < -0.39 is 17.7 Å². The fourth-order valence-corrected chi connectivity index (χ4v) is 4.24. The average Bonchev–Trinajstić information content (AvgIpc) is 3.02. The van der Waals surface area contributed by atoms with Crippen molar-refractivity contribution in [1.29, 1.82) is 0 Å². The van der Waals surface area contributed by atoms with Crippen LogP contribution in [0.15, 0.2) is 54.7 Å². The third kappa shape index (κ3) is 5.01. The van der Waals surface area contributed by atoms with Crippen molar-refractivity contribution in [2.24, 2.45) is 0 Å². The summed E-state index contributed by atoms with van der Waals surface area (Å²) in [7, 11) is 1.29. The van der Waals surface area contributed by atoms with Gasteiger partial charge >= 0.3 is 5.97 Å². The van der Waals surface area contributed by atoms with Crippen LogP contribution in [-0.2, 0) is 20.9 Å². The highest BCUT2D eigenvalue weighted by atomic mass is 16.5. The van der Waals surface area contributed by atoms with E-state index in [9.17, 15) is 19.2 Å². The molecule has 8 nitrogen and oxygen atoms in total. The Hall–Kier alpha value is -3.94. The zero-order chi connectivity index (χ0) is 24.1. The van der Waals surface area contributed by atoms with E-state index in [4.69, 9.17) is 0 Å². The lowest BCUT2D eigenvalue weighted by Gasteiger charge is -2.20. The molecule has 8 heteroatoms. The van der Waals surface area contributed by atoms with Gasteiger partial charge in [-0.25, -0.2) is 4.79 Å². The van der Waals surface area contributed by atoms with Crippen LogP contribution < -0.4 is 5.32 Å². The molecule has 3 aromatic rings. The Bertz CT molecular complexity index is 1220. The van der Waals surface area contributed by atoms with Crippen molar-refractivity contribution < 1.29 is 23.9 Å². The highest BCUT2D eigenvalue weighted by Gasteiger charge is 2.23. The molecule has 0 aliphatic carbocycles. The van der Waals surface area contributed by atoms with Crippen LogP contribution in [0.4, 0.5) is 5.69 Å². The molecule has 2 aromatic carbocycles. The van der Waals surface area contributed by atoms with Crippen LogP contribution in [0.1, 0.15) is 46.4 Å². The number of esters is 1. The number of carbonyl (C=O) groups is 4. The maximum Gasteiger partial charge on any atom is 0.337 e. The van der Waals surface area contributed by atoms with Gasteiger partial charge in [0.25, 0.3) is 11.7 Å². The molecule has 2 heterocycles. The highest BCUT2D eigenvalue weighted by Crippen LogP contribution is 2.23. The summed E-state index contributed by atoms with van der Waals surface area (Å²) >= 11 is 0. The molecule has 0 unspecified atom stereocenters. The number of benzene rings is 2. The molecule has 1 fully saturated rings. The van der Waals surface area contributed by atoms with Gasteiger partial charge in [-0.1, -0.05) is 31.0 Å². The van der Waals surface area contributed by atoms with Gasteiger partial charge in [0.1, 0.15) is 6.54 Å². The van der Waals surface area contributed by atoms with E-state index in [0.717, 1.165) is 44.3 Å². The van der Waals surface area contributed by atoms with Crippen molar-refractivity contribution >= 4 is 40.2 Å². The number of likely N-dealkylation sites (tertiary alicyclic amines) is 1. The summed E-state index contributed by atoms with van der Waals surface area (Å²) in [6.07, 6.45) is 5.86. The first-order valence-electron chi connectivity index (χ1n) is 11.4. The Morgan fingerprint density at radius 3 is 2.26 bits per heavy atom. The topological polar surface area (TPSA) is 97.7 Å². The van der Waals surface area contributed by atoms with Crippen LogP contribution in [0, 0.1) is 0 Å². The smallest absolute Gasteiger partial charge is 0.337 e. The minimum absolute atomic E-state index is 0.0109. The second-order valence-corrected chi connectivity index (χ2v) is 8.34. The van der Waals surface area contributed by atoms with Crippen molar-refractivity contribution in [2.45, 2.75) is 32.2 Å². The summed E-state index contributed by atoms with van der Waals surface area (Å²) in [5.41, 5.74) is 1.68. The van der Waals surface area contributed by atoms with Gasteiger partial charge in [-0.15, -0.1) is 0 Å². The molecule has 4 rings (SSSR count). The minimum atomic E-state index is -0.799. The summed E-state index contributed by atoms with van der Waals surface area (Å²) in [6, 6.07) is 13.3. The van der Waals surface area contributed by atoms with Gasteiger partial charge < -0.3 is 19.5 Å². The number of ether oxygens (including phenoxy) is 1. The lowest BCUT2D eigenvalue weighted by molar-refractivity contribution is -0.131. The van der Waals surface area contributed by atoms with E-state index >= 15 is 0 Å². The number of nitrogens with zero attached hydrogens (tertiary/aromatic N) is 2. The molecule has 0 saturated carbocycles. The molecular weight excluding hydrogens is 434 g/mol. The van der Waals surface area contributed by atoms with E-state index in [-0.39, 0.29) is 18.0 Å². The van der Waals surface area contributed by atoms with Crippen LogP contribution in [-0.4, -0.2) is 53.2 Å². The molecule has 1 aromatic heterocycles. The largest absolute Gasteiger partial charge is 0.465 e. The van der Waals surface area contributed by atoms with Crippen LogP contribution in [0.5, 0.6) is 0 Å². The number of anilines is 1. The SMILES string of the molecule is COC(=O)c1ccc(NC(=O)C(=O)c2cn(CC(=O)N3CCCCCC3)c3ccccc23)cc1. The molecule has 2 amide bonds. The number of nitrogens with one attached hydrogen (secondary N) is 1. The van der Waals surface area contributed by atoms with Crippen molar-refractivity contribution in [3.05, 3.63) is 65.9 Å². The van der Waals surface area contributed by atoms with Crippen LogP contribution in [0.3, 0.4) is 0 Å². The summed E-state index contributed by atoms with van der Waals surface area (Å²) < 4.78 is 6.40. The lowest BCUT2D eigenvalue weighted by Crippen LogP contribution is -2.34. The number of aromatic nitrogens is 1. The standard InChI is InChI=1S/C26H27N3O5/c1-34-26(33)18-10-12-19(13-11-18)27-25(32)24(31)21-16-29(22-9-5-4-8-20(21)22)17-23(30)28-14-6-2-3-7-15-28/h4-5,8-13,16H,2-3,6-7,14-15,17H2,1H3,(H,27,32). The maximum atomic E-state index is 13.0. The van der Waals surface area contributed by atoms with Gasteiger partial charge in [-0.2, -0.15) is 0 Å². The number of amides is 2. The number of fused-ring (bicyclic) bond motifs is 1. The van der Waals surface area contributed by atoms with Gasteiger partial charge in [0.2, 0.25) is 5.91 Å². The number of hydrogen-bond acceptors (Lipinski definition) is 5. The Kier molecular flexibility index (Phi) is 7.06.